The lowest BCUT2D eigenvalue weighted by Gasteiger charge is -2.20. The van der Waals surface area contributed by atoms with Crippen molar-refractivity contribution in [2.45, 2.75) is 26.2 Å². The number of hydrogen-bond acceptors (Lipinski definition) is 4. The maximum atomic E-state index is 8.68. The van der Waals surface area contributed by atoms with E-state index < -0.39 is 0 Å². The van der Waals surface area contributed by atoms with E-state index in [0.29, 0.717) is 0 Å². The monoisotopic (exact) mass is 223 g/mol. The number of aliphatic hydroxyl groups excluding tert-OH is 1. The van der Waals surface area contributed by atoms with Gasteiger partial charge in [-0.05, 0) is 38.3 Å². The Bertz CT molecular complexity index is 328. The Balaban J connectivity index is 2.51. The molecule has 1 rings (SSSR count). The summed E-state index contributed by atoms with van der Waals surface area (Å²) in [6.07, 6.45) is 2.95. The number of rotatable bonds is 6. The fourth-order valence-corrected chi connectivity index (χ4v) is 1.60. The van der Waals surface area contributed by atoms with Crippen molar-refractivity contribution >= 4 is 11.5 Å². The second-order valence-corrected chi connectivity index (χ2v) is 4.07. The molecule has 0 amide bonds. The summed E-state index contributed by atoms with van der Waals surface area (Å²) in [5.41, 5.74) is 7.57. The van der Waals surface area contributed by atoms with Crippen LogP contribution in [0.4, 0.5) is 11.5 Å². The number of nitrogens with two attached hydrogens (primary N) is 1. The molecule has 0 saturated carbocycles. The molecular formula is C12H21N3O. The molecule has 0 aliphatic rings. The number of pyridine rings is 1. The maximum absolute atomic E-state index is 8.68. The molecule has 0 bridgehead atoms. The molecule has 0 radical (unpaired) electrons. The van der Waals surface area contributed by atoms with Crippen LogP contribution >= 0.6 is 0 Å². The molecule has 0 aliphatic heterocycles. The highest BCUT2D eigenvalue weighted by atomic mass is 16.2. The van der Waals surface area contributed by atoms with Crippen molar-refractivity contribution in [1.82, 2.24) is 4.98 Å². The van der Waals surface area contributed by atoms with Gasteiger partial charge in [-0.1, -0.05) is 0 Å². The maximum Gasteiger partial charge on any atom is 0.151 e. The summed E-state index contributed by atoms with van der Waals surface area (Å²) in [5, 5.41) is 8.68. The van der Waals surface area contributed by atoms with Crippen LogP contribution in [0.3, 0.4) is 0 Å². The third kappa shape index (κ3) is 3.70. The van der Waals surface area contributed by atoms with Crippen LogP contribution in [0.2, 0.25) is 0 Å². The van der Waals surface area contributed by atoms with Gasteiger partial charge < -0.3 is 15.7 Å². The number of aryl methyl sites for hydroxylation is 1. The normalized spacial score (nSPS) is 10.4. The molecule has 90 valence electrons. The first-order valence-corrected chi connectivity index (χ1v) is 5.70. The summed E-state index contributed by atoms with van der Waals surface area (Å²) >= 11 is 0. The van der Waals surface area contributed by atoms with E-state index in [1.807, 2.05) is 26.1 Å². The first-order chi connectivity index (χ1) is 7.65. The van der Waals surface area contributed by atoms with Crippen molar-refractivity contribution in [1.29, 1.82) is 0 Å². The van der Waals surface area contributed by atoms with E-state index in [4.69, 9.17) is 10.8 Å². The fraction of sp³-hybridized carbons (Fsp3) is 0.583. The first kappa shape index (κ1) is 12.8. The van der Waals surface area contributed by atoms with Crippen LogP contribution in [0.1, 0.15) is 25.0 Å². The highest BCUT2D eigenvalue weighted by molar-refractivity contribution is 5.62. The summed E-state index contributed by atoms with van der Waals surface area (Å²) in [7, 11) is 2.00. The van der Waals surface area contributed by atoms with Gasteiger partial charge in [-0.15, -0.1) is 0 Å². The van der Waals surface area contributed by atoms with E-state index in [0.717, 1.165) is 43.0 Å². The second kappa shape index (κ2) is 6.33. The van der Waals surface area contributed by atoms with E-state index in [1.165, 1.54) is 0 Å². The minimum Gasteiger partial charge on any atom is -0.396 e. The Morgan fingerprint density at radius 2 is 2.06 bits per heavy atom. The fourth-order valence-electron chi connectivity index (χ4n) is 1.60. The molecule has 0 spiro atoms. The number of nitrogen functional groups attached to an aromatic ring is 1. The van der Waals surface area contributed by atoms with Gasteiger partial charge in [-0.3, -0.25) is 0 Å². The molecule has 0 aromatic carbocycles. The largest absolute Gasteiger partial charge is 0.396 e. The molecule has 0 aliphatic carbocycles. The summed E-state index contributed by atoms with van der Waals surface area (Å²) in [5.74, 6) is 0.851. The topological polar surface area (TPSA) is 62.4 Å². The minimum absolute atomic E-state index is 0.272. The van der Waals surface area contributed by atoms with Crippen molar-refractivity contribution in [3.05, 3.63) is 17.8 Å². The quantitative estimate of drug-likeness (QED) is 0.719. The van der Waals surface area contributed by atoms with E-state index in [1.54, 1.807) is 0 Å². The summed E-state index contributed by atoms with van der Waals surface area (Å²) in [4.78, 5) is 6.49. The molecular weight excluding hydrogens is 202 g/mol. The number of aliphatic hydroxyl groups is 1. The number of nitrogens with zero attached hydrogens (tertiary/aromatic N) is 2. The van der Waals surface area contributed by atoms with Crippen LogP contribution in [0, 0.1) is 6.92 Å². The lowest BCUT2D eigenvalue weighted by molar-refractivity contribution is 0.283. The number of anilines is 2. The van der Waals surface area contributed by atoms with Gasteiger partial charge in [0.25, 0.3) is 0 Å². The highest BCUT2D eigenvalue weighted by Gasteiger charge is 2.06. The van der Waals surface area contributed by atoms with E-state index in [2.05, 4.69) is 9.88 Å². The Labute approximate surface area is 97.1 Å². The van der Waals surface area contributed by atoms with Gasteiger partial charge in [-0.25, -0.2) is 4.98 Å². The SMILES string of the molecule is Cc1ccc(N)c(N(C)CCCCCO)n1. The third-order valence-corrected chi connectivity index (χ3v) is 2.56. The van der Waals surface area contributed by atoms with Gasteiger partial charge in [0.2, 0.25) is 0 Å². The van der Waals surface area contributed by atoms with Gasteiger partial charge in [0, 0.05) is 25.9 Å². The van der Waals surface area contributed by atoms with E-state index in [-0.39, 0.29) is 6.61 Å². The van der Waals surface area contributed by atoms with Crippen LogP contribution in [-0.4, -0.2) is 30.3 Å². The van der Waals surface area contributed by atoms with Crippen LogP contribution < -0.4 is 10.6 Å². The zero-order valence-electron chi connectivity index (χ0n) is 10.1. The van der Waals surface area contributed by atoms with Crippen molar-refractivity contribution in [2.75, 3.05) is 30.8 Å². The molecule has 1 aromatic heterocycles. The van der Waals surface area contributed by atoms with E-state index in [9.17, 15) is 0 Å². The van der Waals surface area contributed by atoms with Crippen LogP contribution in [0.25, 0.3) is 0 Å². The lowest BCUT2D eigenvalue weighted by Crippen LogP contribution is -2.21. The Morgan fingerprint density at radius 1 is 1.31 bits per heavy atom. The molecule has 4 nitrogen and oxygen atoms in total. The molecule has 0 atom stereocenters. The minimum atomic E-state index is 0.272. The highest BCUT2D eigenvalue weighted by Crippen LogP contribution is 2.19. The predicted molar refractivity (Wildman–Crippen MR) is 67.6 cm³/mol. The van der Waals surface area contributed by atoms with Gasteiger partial charge in [-0.2, -0.15) is 0 Å². The zero-order valence-corrected chi connectivity index (χ0v) is 10.1. The van der Waals surface area contributed by atoms with Gasteiger partial charge >= 0.3 is 0 Å². The predicted octanol–water partition coefficient (Wildman–Crippen LogP) is 1.57. The van der Waals surface area contributed by atoms with Gasteiger partial charge in [0.15, 0.2) is 5.82 Å². The second-order valence-electron chi connectivity index (χ2n) is 4.07. The first-order valence-electron chi connectivity index (χ1n) is 5.70. The molecule has 0 saturated heterocycles. The molecule has 0 fully saturated rings. The van der Waals surface area contributed by atoms with Crippen LogP contribution in [-0.2, 0) is 0 Å². The van der Waals surface area contributed by atoms with Crippen LogP contribution in [0.15, 0.2) is 12.1 Å². The molecule has 0 unspecified atom stereocenters. The van der Waals surface area contributed by atoms with E-state index >= 15 is 0 Å². The summed E-state index contributed by atoms with van der Waals surface area (Å²) in [6, 6.07) is 3.81. The molecule has 1 heterocycles. The standard InChI is InChI=1S/C12H21N3O/c1-10-6-7-11(13)12(14-10)15(2)8-4-3-5-9-16/h6-7,16H,3-5,8-9,13H2,1-2H3. The third-order valence-electron chi connectivity index (χ3n) is 2.56. The lowest BCUT2D eigenvalue weighted by atomic mass is 10.2. The zero-order chi connectivity index (χ0) is 12.0. The van der Waals surface area contributed by atoms with Crippen molar-refractivity contribution < 1.29 is 5.11 Å². The Kier molecular flexibility index (Phi) is 5.05. The molecule has 16 heavy (non-hydrogen) atoms. The molecule has 4 heteroatoms. The van der Waals surface area contributed by atoms with Gasteiger partial charge in [0.1, 0.15) is 0 Å². The smallest absolute Gasteiger partial charge is 0.151 e. The average Bonchev–Trinajstić information content (AvgIpc) is 2.27. The number of aromatic nitrogens is 1. The average molecular weight is 223 g/mol. The summed E-state index contributed by atoms with van der Waals surface area (Å²) < 4.78 is 0. The Hall–Kier alpha value is -1.29. The summed E-state index contributed by atoms with van der Waals surface area (Å²) in [6.45, 7) is 3.15. The van der Waals surface area contributed by atoms with Crippen molar-refractivity contribution in [2.24, 2.45) is 0 Å². The van der Waals surface area contributed by atoms with Crippen molar-refractivity contribution in [3.8, 4) is 0 Å². The molecule has 1 aromatic rings. The van der Waals surface area contributed by atoms with Crippen molar-refractivity contribution in [3.63, 3.8) is 0 Å². The molecule has 3 N–H and O–H groups in total. The number of hydrogen-bond donors (Lipinski definition) is 2. The van der Waals surface area contributed by atoms with Gasteiger partial charge in [0.05, 0.1) is 5.69 Å². The number of unbranched alkanes of at least 4 members (excludes halogenated alkanes) is 2. The Morgan fingerprint density at radius 3 is 2.75 bits per heavy atom. The van der Waals surface area contributed by atoms with Crippen LogP contribution in [0.5, 0.6) is 0 Å².